The van der Waals surface area contributed by atoms with Crippen molar-refractivity contribution in [3.05, 3.63) is 20.8 Å². The third kappa shape index (κ3) is 5.62. The van der Waals surface area contributed by atoms with Gasteiger partial charge < -0.3 is 5.32 Å². The van der Waals surface area contributed by atoms with Crippen molar-refractivity contribution < 1.29 is 18.0 Å². The van der Waals surface area contributed by atoms with E-state index in [4.69, 9.17) is 0 Å². The van der Waals surface area contributed by atoms with Crippen LogP contribution >= 0.6 is 27.3 Å². The molecule has 0 saturated heterocycles. The standard InChI is InChI=1S/C9H9BrF3NOS/c10-6-1-8(16-4-6)2-7(15)3-14-5-9(11,12)13/h1,4,14H,2-3,5H2. The first kappa shape index (κ1) is 13.7. The number of alkyl halides is 3. The minimum absolute atomic E-state index is 0.168. The lowest BCUT2D eigenvalue weighted by molar-refractivity contribution is -0.127. The number of hydrogen-bond acceptors (Lipinski definition) is 3. The summed E-state index contributed by atoms with van der Waals surface area (Å²) < 4.78 is 36.2. The highest BCUT2D eigenvalue weighted by Gasteiger charge is 2.26. The Kier molecular flexibility index (Phi) is 4.94. The molecule has 7 heteroatoms. The lowest BCUT2D eigenvalue weighted by Gasteiger charge is -2.06. The van der Waals surface area contributed by atoms with E-state index in [1.807, 2.05) is 5.38 Å². The van der Waals surface area contributed by atoms with Crippen LogP contribution in [0.1, 0.15) is 4.88 Å². The fourth-order valence-corrected chi connectivity index (χ4v) is 2.53. The number of ketones is 1. The first-order chi connectivity index (χ1) is 7.37. The second kappa shape index (κ2) is 5.79. The van der Waals surface area contributed by atoms with E-state index in [-0.39, 0.29) is 18.7 Å². The van der Waals surface area contributed by atoms with Gasteiger partial charge in [0.2, 0.25) is 0 Å². The number of nitrogens with one attached hydrogen (secondary N) is 1. The Labute approximate surface area is 103 Å². The van der Waals surface area contributed by atoms with Gasteiger partial charge in [0.25, 0.3) is 0 Å². The van der Waals surface area contributed by atoms with E-state index in [2.05, 4.69) is 21.2 Å². The van der Waals surface area contributed by atoms with Gasteiger partial charge in [0.1, 0.15) is 0 Å². The van der Waals surface area contributed by atoms with E-state index in [1.54, 1.807) is 6.07 Å². The summed E-state index contributed by atoms with van der Waals surface area (Å²) in [6.45, 7) is -1.39. The van der Waals surface area contributed by atoms with E-state index in [1.165, 1.54) is 11.3 Å². The molecule has 0 atom stereocenters. The molecule has 0 spiro atoms. The summed E-state index contributed by atoms with van der Waals surface area (Å²) in [4.78, 5) is 12.1. The van der Waals surface area contributed by atoms with Gasteiger partial charge in [0.15, 0.2) is 5.78 Å². The van der Waals surface area contributed by atoms with Crippen LogP contribution in [0.2, 0.25) is 0 Å². The fraction of sp³-hybridized carbons (Fsp3) is 0.444. The molecule has 1 aromatic rings. The molecular weight excluding hydrogens is 307 g/mol. The first-order valence-corrected chi connectivity index (χ1v) is 6.06. The van der Waals surface area contributed by atoms with Gasteiger partial charge in [0, 0.05) is 21.2 Å². The number of hydrogen-bond donors (Lipinski definition) is 1. The molecule has 0 bridgehead atoms. The van der Waals surface area contributed by atoms with Crippen molar-refractivity contribution in [1.82, 2.24) is 5.32 Å². The van der Waals surface area contributed by atoms with Crippen molar-refractivity contribution in [3.8, 4) is 0 Å². The number of Topliss-reactive ketones (excluding diaryl/α,β-unsaturated/α-hetero) is 1. The van der Waals surface area contributed by atoms with Crippen LogP contribution in [-0.2, 0) is 11.2 Å². The zero-order valence-corrected chi connectivity index (χ0v) is 10.5. The maximum Gasteiger partial charge on any atom is 0.401 e. The molecule has 0 aliphatic heterocycles. The van der Waals surface area contributed by atoms with Crippen LogP contribution < -0.4 is 5.32 Å². The smallest absolute Gasteiger partial charge is 0.302 e. The quantitative estimate of drug-likeness (QED) is 0.905. The average molecular weight is 316 g/mol. The lowest BCUT2D eigenvalue weighted by atomic mass is 10.2. The second-order valence-corrected chi connectivity index (χ2v) is 5.08. The lowest BCUT2D eigenvalue weighted by Crippen LogP contribution is -2.33. The maximum absolute atomic E-state index is 11.8. The van der Waals surface area contributed by atoms with Gasteiger partial charge in [-0.25, -0.2) is 0 Å². The minimum atomic E-state index is -4.27. The van der Waals surface area contributed by atoms with Crippen molar-refractivity contribution in [2.45, 2.75) is 12.6 Å². The SMILES string of the molecule is O=C(CNCC(F)(F)F)Cc1cc(Br)cs1. The molecule has 0 fully saturated rings. The van der Waals surface area contributed by atoms with Gasteiger partial charge in [-0.2, -0.15) is 13.2 Å². The van der Waals surface area contributed by atoms with E-state index in [0.717, 1.165) is 9.35 Å². The first-order valence-electron chi connectivity index (χ1n) is 4.39. The molecule has 1 N–H and O–H groups in total. The minimum Gasteiger partial charge on any atom is -0.302 e. The Morgan fingerprint density at radius 1 is 1.50 bits per heavy atom. The molecule has 1 rings (SSSR count). The highest BCUT2D eigenvalue weighted by Crippen LogP contribution is 2.20. The molecule has 1 aromatic heterocycles. The Bertz CT molecular complexity index is 364. The van der Waals surface area contributed by atoms with Crippen molar-refractivity contribution >= 4 is 33.0 Å². The summed E-state index contributed by atoms with van der Waals surface area (Å²) in [7, 11) is 0. The van der Waals surface area contributed by atoms with Crippen molar-refractivity contribution in [3.63, 3.8) is 0 Å². The van der Waals surface area contributed by atoms with Gasteiger partial charge in [-0.1, -0.05) is 0 Å². The molecule has 0 saturated carbocycles. The topological polar surface area (TPSA) is 29.1 Å². The Balaban J connectivity index is 2.26. The van der Waals surface area contributed by atoms with Gasteiger partial charge in [0.05, 0.1) is 13.1 Å². The molecule has 0 aliphatic carbocycles. The predicted octanol–water partition coefficient (Wildman–Crippen LogP) is 2.77. The van der Waals surface area contributed by atoms with Crippen molar-refractivity contribution in [1.29, 1.82) is 0 Å². The highest BCUT2D eigenvalue weighted by atomic mass is 79.9. The van der Waals surface area contributed by atoms with Crippen LogP contribution in [0.25, 0.3) is 0 Å². The Hall–Kier alpha value is -0.400. The van der Waals surface area contributed by atoms with Gasteiger partial charge in [-0.3, -0.25) is 4.79 Å². The van der Waals surface area contributed by atoms with Crippen molar-refractivity contribution in [2.24, 2.45) is 0 Å². The number of carbonyl (C=O) groups excluding carboxylic acids is 1. The summed E-state index contributed by atoms with van der Waals surface area (Å²) in [5.74, 6) is -0.251. The van der Waals surface area contributed by atoms with Crippen LogP contribution in [0.15, 0.2) is 15.9 Å². The number of rotatable bonds is 5. The van der Waals surface area contributed by atoms with Crippen LogP contribution in [0.5, 0.6) is 0 Å². The molecule has 0 aliphatic rings. The third-order valence-electron chi connectivity index (χ3n) is 1.64. The molecule has 0 amide bonds. The average Bonchev–Trinajstić information content (AvgIpc) is 2.48. The van der Waals surface area contributed by atoms with Crippen LogP contribution in [0.4, 0.5) is 13.2 Å². The van der Waals surface area contributed by atoms with Crippen LogP contribution in [0, 0.1) is 0 Å². The molecule has 0 radical (unpaired) electrons. The largest absolute Gasteiger partial charge is 0.401 e. The molecule has 2 nitrogen and oxygen atoms in total. The maximum atomic E-state index is 11.8. The monoisotopic (exact) mass is 315 g/mol. The Morgan fingerprint density at radius 3 is 2.69 bits per heavy atom. The summed E-state index contributed by atoms with van der Waals surface area (Å²) in [6, 6.07) is 1.78. The molecule has 0 unspecified atom stereocenters. The van der Waals surface area contributed by atoms with Crippen LogP contribution in [0.3, 0.4) is 0 Å². The number of carbonyl (C=O) groups is 1. The Morgan fingerprint density at radius 2 is 2.19 bits per heavy atom. The summed E-state index contributed by atoms with van der Waals surface area (Å²) in [5.41, 5.74) is 0. The normalized spacial score (nSPS) is 11.8. The molecule has 16 heavy (non-hydrogen) atoms. The fourth-order valence-electron chi connectivity index (χ4n) is 1.05. The predicted molar refractivity (Wildman–Crippen MR) is 59.7 cm³/mol. The zero-order chi connectivity index (χ0) is 12.2. The van der Waals surface area contributed by atoms with E-state index in [0.29, 0.717) is 0 Å². The summed E-state index contributed by atoms with van der Waals surface area (Å²) in [5, 5.41) is 3.90. The van der Waals surface area contributed by atoms with E-state index < -0.39 is 12.7 Å². The van der Waals surface area contributed by atoms with E-state index >= 15 is 0 Å². The van der Waals surface area contributed by atoms with Crippen LogP contribution in [-0.4, -0.2) is 25.0 Å². The summed E-state index contributed by atoms with van der Waals surface area (Å²) >= 11 is 4.63. The second-order valence-electron chi connectivity index (χ2n) is 3.17. The van der Waals surface area contributed by atoms with Gasteiger partial charge >= 0.3 is 6.18 Å². The molecule has 90 valence electrons. The summed E-state index contributed by atoms with van der Waals surface area (Å²) in [6.07, 6.45) is -4.10. The molecule has 1 heterocycles. The highest BCUT2D eigenvalue weighted by molar-refractivity contribution is 9.10. The number of halogens is 4. The molecular formula is C9H9BrF3NOS. The number of thiophene rings is 1. The van der Waals surface area contributed by atoms with E-state index in [9.17, 15) is 18.0 Å². The molecule has 0 aromatic carbocycles. The van der Waals surface area contributed by atoms with Crippen molar-refractivity contribution in [2.75, 3.05) is 13.1 Å². The van der Waals surface area contributed by atoms with Gasteiger partial charge in [-0.05, 0) is 22.0 Å². The zero-order valence-electron chi connectivity index (χ0n) is 8.10. The van der Waals surface area contributed by atoms with Gasteiger partial charge in [-0.15, -0.1) is 11.3 Å². The third-order valence-corrected chi connectivity index (χ3v) is 3.34.